The largest absolute Gasteiger partial charge is 0.305 e. The Balaban J connectivity index is 0.000000162. The Labute approximate surface area is 152 Å². The van der Waals surface area contributed by atoms with Crippen molar-refractivity contribution in [3.63, 3.8) is 0 Å². The Kier molecular flexibility index (Phi) is 7.19. The van der Waals surface area contributed by atoms with Crippen LogP contribution in [0.25, 0.3) is 11.3 Å². The van der Waals surface area contributed by atoms with E-state index in [4.69, 9.17) is 0 Å². The first-order valence-corrected chi connectivity index (χ1v) is 7.88. The maximum atomic E-state index is 4.22. The van der Waals surface area contributed by atoms with Crippen LogP contribution in [0, 0.1) is 6.07 Å². The van der Waals surface area contributed by atoms with E-state index in [0.29, 0.717) is 0 Å². The molecule has 0 N–H and O–H groups in total. The number of nitrogens with zero attached hydrogens (tertiary/aromatic N) is 1. The van der Waals surface area contributed by atoms with Gasteiger partial charge < -0.3 is 4.98 Å². The molecular weight excluding hydrogens is 458 g/mol. The first-order valence-electron chi connectivity index (χ1n) is 7.88. The molecule has 0 fully saturated rings. The van der Waals surface area contributed by atoms with E-state index in [-0.39, 0.29) is 20.1 Å². The maximum Gasteiger partial charge on any atom is 0.0160 e. The van der Waals surface area contributed by atoms with Gasteiger partial charge >= 0.3 is 0 Å². The fraction of sp³-hybridized carbons (Fsp3) is 0.190. The van der Waals surface area contributed by atoms with Crippen molar-refractivity contribution in [2.45, 2.75) is 25.7 Å². The van der Waals surface area contributed by atoms with Gasteiger partial charge in [-0.25, -0.2) is 0 Å². The van der Waals surface area contributed by atoms with Gasteiger partial charge in [0.25, 0.3) is 0 Å². The Hall–Kier alpha value is -1.76. The zero-order valence-electron chi connectivity index (χ0n) is 13.0. The summed E-state index contributed by atoms with van der Waals surface area (Å²) in [6.45, 7) is 0. The van der Waals surface area contributed by atoms with E-state index in [1.165, 1.54) is 25.7 Å². The molecule has 119 valence electrons. The van der Waals surface area contributed by atoms with Gasteiger partial charge in [-0.1, -0.05) is 36.4 Å². The van der Waals surface area contributed by atoms with E-state index in [1.807, 2.05) is 42.5 Å². The smallest absolute Gasteiger partial charge is 0.0160 e. The molecule has 0 amide bonds. The monoisotopic (exact) mass is 479 g/mol. The van der Waals surface area contributed by atoms with Crippen LogP contribution in [0.1, 0.15) is 24.0 Å². The van der Waals surface area contributed by atoms with Crippen molar-refractivity contribution in [2.24, 2.45) is 0 Å². The van der Waals surface area contributed by atoms with Crippen LogP contribution in [0.2, 0.25) is 0 Å². The summed E-state index contributed by atoms with van der Waals surface area (Å²) < 4.78 is 0. The number of hydrogen-bond donors (Lipinski definition) is 0. The summed E-state index contributed by atoms with van der Waals surface area (Å²) in [6.07, 6.45) is 7.16. The third-order valence-electron chi connectivity index (χ3n) is 3.91. The second kappa shape index (κ2) is 9.39. The van der Waals surface area contributed by atoms with E-state index in [0.717, 1.165) is 11.3 Å². The van der Waals surface area contributed by atoms with Crippen molar-refractivity contribution >= 4 is 0 Å². The maximum absolute atomic E-state index is 4.22. The minimum Gasteiger partial charge on any atom is -0.305 e. The van der Waals surface area contributed by atoms with Crippen molar-refractivity contribution in [3.8, 4) is 11.3 Å². The van der Waals surface area contributed by atoms with Crippen LogP contribution in [0.15, 0.2) is 72.9 Å². The molecule has 1 aromatic heterocycles. The summed E-state index contributed by atoms with van der Waals surface area (Å²) in [5, 5.41) is 0. The van der Waals surface area contributed by atoms with Gasteiger partial charge in [0.15, 0.2) is 0 Å². The number of benzene rings is 2. The van der Waals surface area contributed by atoms with Gasteiger partial charge in [0.2, 0.25) is 0 Å². The van der Waals surface area contributed by atoms with Crippen molar-refractivity contribution in [2.75, 3.05) is 0 Å². The fourth-order valence-electron chi connectivity index (χ4n) is 2.75. The van der Waals surface area contributed by atoms with Gasteiger partial charge in [0.1, 0.15) is 0 Å². The SMILES string of the molecule is [Ir].[c-]1ccccc1-c1ccccn1.c1ccc2c(c1)CCCC2. The minimum atomic E-state index is 0. The standard InChI is InChI=1S/C11H8N.C10H12.Ir/c1-2-6-10(7-3-1)11-8-4-5-9-12-11;1-2-6-10-8-4-3-7-9(10)5-1;/h1-6,8-9H;1-2,5-6H,3-4,7-8H2;/q-1;;. The van der Waals surface area contributed by atoms with Crippen molar-refractivity contribution in [1.29, 1.82) is 0 Å². The summed E-state index contributed by atoms with van der Waals surface area (Å²) in [7, 11) is 0. The molecule has 0 unspecified atom stereocenters. The van der Waals surface area contributed by atoms with E-state index in [2.05, 4.69) is 35.3 Å². The zero-order valence-corrected chi connectivity index (χ0v) is 15.4. The molecule has 1 aliphatic carbocycles. The topological polar surface area (TPSA) is 12.9 Å². The van der Waals surface area contributed by atoms with Gasteiger partial charge in [-0.15, -0.1) is 35.9 Å². The molecule has 0 saturated heterocycles. The third kappa shape index (κ3) is 5.13. The molecule has 1 radical (unpaired) electrons. The average molecular weight is 479 g/mol. The van der Waals surface area contributed by atoms with E-state index >= 15 is 0 Å². The van der Waals surface area contributed by atoms with Crippen LogP contribution in [0.5, 0.6) is 0 Å². The van der Waals surface area contributed by atoms with Crippen LogP contribution >= 0.6 is 0 Å². The molecule has 1 nitrogen and oxygen atoms in total. The van der Waals surface area contributed by atoms with Crippen LogP contribution < -0.4 is 0 Å². The molecule has 1 heterocycles. The second-order valence-electron chi connectivity index (χ2n) is 5.47. The summed E-state index contributed by atoms with van der Waals surface area (Å²) in [4.78, 5) is 4.22. The van der Waals surface area contributed by atoms with E-state index < -0.39 is 0 Å². The summed E-state index contributed by atoms with van der Waals surface area (Å²) in [6, 6.07) is 25.6. The third-order valence-corrected chi connectivity index (χ3v) is 3.91. The summed E-state index contributed by atoms with van der Waals surface area (Å²) in [5.41, 5.74) is 5.17. The zero-order chi connectivity index (χ0) is 15.0. The number of pyridine rings is 1. The molecule has 0 bridgehead atoms. The number of aromatic nitrogens is 1. The van der Waals surface area contributed by atoms with Crippen molar-refractivity contribution in [1.82, 2.24) is 4.98 Å². The molecular formula is C21H20IrN-. The molecule has 23 heavy (non-hydrogen) atoms. The molecule has 0 atom stereocenters. The Morgan fingerprint density at radius 2 is 1.39 bits per heavy atom. The Morgan fingerprint density at radius 1 is 0.739 bits per heavy atom. The van der Waals surface area contributed by atoms with Gasteiger partial charge in [-0.3, -0.25) is 0 Å². The Bertz CT molecular complexity index is 633. The van der Waals surface area contributed by atoms with Gasteiger partial charge in [-0.05, 0) is 48.6 Å². The summed E-state index contributed by atoms with van der Waals surface area (Å²) in [5.74, 6) is 0. The normalized spacial score (nSPS) is 12.2. The number of aryl methyl sites for hydroxylation is 2. The first-order chi connectivity index (χ1) is 10.9. The van der Waals surface area contributed by atoms with Gasteiger partial charge in [-0.2, -0.15) is 0 Å². The fourth-order valence-corrected chi connectivity index (χ4v) is 2.75. The molecule has 2 heteroatoms. The van der Waals surface area contributed by atoms with Crippen LogP contribution in [-0.4, -0.2) is 4.98 Å². The molecule has 0 spiro atoms. The first kappa shape index (κ1) is 17.6. The van der Waals surface area contributed by atoms with Crippen LogP contribution in [0.3, 0.4) is 0 Å². The molecule has 0 saturated carbocycles. The van der Waals surface area contributed by atoms with Crippen molar-refractivity contribution < 1.29 is 20.1 Å². The van der Waals surface area contributed by atoms with E-state index in [1.54, 1.807) is 17.3 Å². The van der Waals surface area contributed by atoms with Gasteiger partial charge in [0, 0.05) is 26.3 Å². The Morgan fingerprint density at radius 3 is 1.96 bits per heavy atom. The predicted molar refractivity (Wildman–Crippen MR) is 91.6 cm³/mol. The second-order valence-corrected chi connectivity index (χ2v) is 5.47. The van der Waals surface area contributed by atoms with Gasteiger partial charge in [0.05, 0.1) is 0 Å². The summed E-state index contributed by atoms with van der Waals surface area (Å²) >= 11 is 0. The predicted octanol–water partition coefficient (Wildman–Crippen LogP) is 5.11. The molecule has 2 aromatic carbocycles. The molecule has 1 aliphatic rings. The number of fused-ring (bicyclic) bond motifs is 1. The minimum absolute atomic E-state index is 0. The molecule has 3 aromatic rings. The van der Waals surface area contributed by atoms with Crippen LogP contribution in [0.4, 0.5) is 0 Å². The number of hydrogen-bond acceptors (Lipinski definition) is 1. The molecule has 0 aliphatic heterocycles. The molecule has 4 rings (SSSR count). The van der Waals surface area contributed by atoms with Crippen molar-refractivity contribution in [3.05, 3.63) is 90.1 Å². The van der Waals surface area contributed by atoms with Crippen LogP contribution in [-0.2, 0) is 32.9 Å². The quantitative estimate of drug-likeness (QED) is 0.443. The average Bonchev–Trinajstić information content (AvgIpc) is 2.64. The van der Waals surface area contributed by atoms with E-state index in [9.17, 15) is 0 Å². The number of rotatable bonds is 1.